The number of carbonyl (C=O) groups excluding carboxylic acids is 1. The van der Waals surface area contributed by atoms with Gasteiger partial charge in [-0.3, -0.25) is 4.79 Å². The second kappa shape index (κ2) is 3.09. The Labute approximate surface area is 75.6 Å². The molecule has 0 saturated carbocycles. The van der Waals surface area contributed by atoms with Gasteiger partial charge in [-0.1, -0.05) is 6.92 Å². The van der Waals surface area contributed by atoms with Gasteiger partial charge in [-0.25, -0.2) is 0 Å². The molecular weight excluding hydrogens is 168 g/mol. The van der Waals surface area contributed by atoms with Crippen molar-refractivity contribution in [1.29, 1.82) is 0 Å². The highest BCUT2D eigenvalue weighted by Gasteiger charge is 2.11. The molecule has 2 aromatic heterocycles. The summed E-state index contributed by atoms with van der Waals surface area (Å²) in [5.74, 6) is 0.336. The van der Waals surface area contributed by atoms with E-state index in [0.29, 0.717) is 17.8 Å². The smallest absolute Gasteiger partial charge is 0.311 e. The van der Waals surface area contributed by atoms with Crippen molar-refractivity contribution < 1.29 is 13.9 Å². The van der Waals surface area contributed by atoms with Crippen LogP contribution in [0, 0.1) is 0 Å². The molecule has 0 aliphatic rings. The SMILES string of the molecule is CCCC(=O)Oc1cc2ccc1o2. The summed E-state index contributed by atoms with van der Waals surface area (Å²) in [4.78, 5) is 11.1. The topological polar surface area (TPSA) is 39.4 Å². The molecule has 13 heavy (non-hydrogen) atoms. The summed E-state index contributed by atoms with van der Waals surface area (Å²) < 4.78 is 10.3. The van der Waals surface area contributed by atoms with E-state index in [9.17, 15) is 4.79 Å². The lowest BCUT2D eigenvalue weighted by molar-refractivity contribution is -0.134. The van der Waals surface area contributed by atoms with Gasteiger partial charge >= 0.3 is 5.97 Å². The Bertz CT molecular complexity index is 402. The van der Waals surface area contributed by atoms with E-state index in [2.05, 4.69) is 0 Å². The van der Waals surface area contributed by atoms with Gasteiger partial charge in [0.15, 0.2) is 11.3 Å². The standard InChI is InChI=1S/C10H10O3/c1-2-3-10(11)13-9-6-7-4-5-8(9)12-7/h4-6H,2-3H2,1H3. The molecule has 2 aromatic rings. The largest absolute Gasteiger partial charge is 0.453 e. The maximum atomic E-state index is 11.1. The molecule has 0 aliphatic carbocycles. The van der Waals surface area contributed by atoms with Crippen LogP contribution in [0.3, 0.4) is 0 Å². The lowest BCUT2D eigenvalue weighted by Crippen LogP contribution is -2.06. The Morgan fingerprint density at radius 3 is 2.92 bits per heavy atom. The number of furan rings is 2. The summed E-state index contributed by atoms with van der Waals surface area (Å²) in [5, 5.41) is 0. The maximum Gasteiger partial charge on any atom is 0.311 e. The van der Waals surface area contributed by atoms with Gasteiger partial charge in [0.05, 0.1) is 0 Å². The average molecular weight is 178 g/mol. The molecule has 0 saturated heterocycles. The minimum atomic E-state index is -0.202. The van der Waals surface area contributed by atoms with Crippen LogP contribution >= 0.6 is 0 Å². The van der Waals surface area contributed by atoms with Crippen LogP contribution in [0.15, 0.2) is 22.6 Å². The summed E-state index contributed by atoms with van der Waals surface area (Å²) in [6.07, 6.45) is 1.25. The third kappa shape index (κ3) is 1.49. The van der Waals surface area contributed by atoms with Crippen molar-refractivity contribution in [3.8, 4) is 5.75 Å². The zero-order valence-electron chi connectivity index (χ0n) is 7.37. The van der Waals surface area contributed by atoms with Crippen molar-refractivity contribution in [2.45, 2.75) is 19.8 Å². The van der Waals surface area contributed by atoms with Crippen LogP contribution < -0.4 is 4.74 Å². The average Bonchev–Trinajstić information content (AvgIpc) is 2.65. The third-order valence-corrected chi connectivity index (χ3v) is 1.82. The van der Waals surface area contributed by atoms with Crippen LogP contribution in [0.1, 0.15) is 19.8 Å². The predicted octanol–water partition coefficient (Wildman–Crippen LogP) is 2.58. The molecule has 0 fully saturated rings. The minimum absolute atomic E-state index is 0.202. The van der Waals surface area contributed by atoms with Gasteiger partial charge in [0.1, 0.15) is 5.58 Å². The molecule has 0 aliphatic heterocycles. The van der Waals surface area contributed by atoms with E-state index in [1.165, 1.54) is 0 Å². The first-order valence-corrected chi connectivity index (χ1v) is 4.32. The van der Waals surface area contributed by atoms with Gasteiger partial charge in [-0.15, -0.1) is 0 Å². The molecule has 0 spiro atoms. The number of rotatable bonds is 3. The summed E-state index contributed by atoms with van der Waals surface area (Å²) in [6.45, 7) is 1.94. The zero-order valence-corrected chi connectivity index (χ0v) is 7.37. The number of hydrogen-bond acceptors (Lipinski definition) is 3. The fourth-order valence-electron chi connectivity index (χ4n) is 1.22. The normalized spacial score (nSPS) is 10.8. The van der Waals surface area contributed by atoms with Crippen LogP contribution in [-0.4, -0.2) is 5.97 Å². The van der Waals surface area contributed by atoms with Crippen LogP contribution in [0.2, 0.25) is 0 Å². The van der Waals surface area contributed by atoms with Gasteiger partial charge in [-0.2, -0.15) is 0 Å². The predicted molar refractivity (Wildman–Crippen MR) is 47.9 cm³/mol. The number of hydrogen-bond donors (Lipinski definition) is 0. The molecule has 0 atom stereocenters. The molecule has 0 aromatic carbocycles. The van der Waals surface area contributed by atoms with Crippen molar-refractivity contribution in [2.75, 3.05) is 0 Å². The number of carbonyl (C=O) groups is 1. The molecule has 68 valence electrons. The monoisotopic (exact) mass is 178 g/mol. The molecule has 2 rings (SSSR count). The Balaban J connectivity index is 2.10. The lowest BCUT2D eigenvalue weighted by atomic mass is 10.3. The molecule has 2 bridgehead atoms. The van der Waals surface area contributed by atoms with Crippen LogP contribution in [-0.2, 0) is 4.79 Å². The lowest BCUT2D eigenvalue weighted by Gasteiger charge is -1.99. The number of benzene rings is 1. The van der Waals surface area contributed by atoms with Crippen LogP contribution in [0.4, 0.5) is 0 Å². The third-order valence-electron chi connectivity index (χ3n) is 1.82. The fraction of sp³-hybridized carbons (Fsp3) is 0.300. The first kappa shape index (κ1) is 8.10. The number of esters is 1. The maximum absolute atomic E-state index is 11.1. The minimum Gasteiger partial charge on any atom is -0.453 e. The van der Waals surface area contributed by atoms with E-state index in [1.54, 1.807) is 12.1 Å². The van der Waals surface area contributed by atoms with Crippen molar-refractivity contribution in [3.63, 3.8) is 0 Å². The van der Waals surface area contributed by atoms with Crippen molar-refractivity contribution in [3.05, 3.63) is 18.2 Å². The summed E-state index contributed by atoms with van der Waals surface area (Å²) in [7, 11) is 0. The molecular formula is C10H10O3. The van der Waals surface area contributed by atoms with Gasteiger partial charge < -0.3 is 9.15 Å². The zero-order chi connectivity index (χ0) is 9.26. The Kier molecular flexibility index (Phi) is 1.93. The van der Waals surface area contributed by atoms with E-state index in [4.69, 9.17) is 9.15 Å². The van der Waals surface area contributed by atoms with Crippen LogP contribution in [0.25, 0.3) is 11.2 Å². The van der Waals surface area contributed by atoms with Gasteiger partial charge in [0.2, 0.25) is 0 Å². The number of fused-ring (bicyclic) bond motifs is 2. The van der Waals surface area contributed by atoms with Gasteiger partial charge in [0, 0.05) is 12.5 Å². The second-order valence-electron chi connectivity index (χ2n) is 2.93. The molecule has 2 heterocycles. The highest BCUT2D eigenvalue weighted by atomic mass is 16.5. The molecule has 0 unspecified atom stereocenters. The first-order valence-electron chi connectivity index (χ1n) is 4.32. The van der Waals surface area contributed by atoms with E-state index in [1.807, 2.05) is 13.0 Å². The molecule has 0 N–H and O–H groups in total. The Morgan fingerprint density at radius 1 is 1.54 bits per heavy atom. The van der Waals surface area contributed by atoms with Crippen LogP contribution in [0.5, 0.6) is 5.75 Å². The summed E-state index contributed by atoms with van der Waals surface area (Å²) in [5.41, 5.74) is 1.38. The van der Waals surface area contributed by atoms with Gasteiger partial charge in [0.25, 0.3) is 0 Å². The fourth-order valence-corrected chi connectivity index (χ4v) is 1.22. The van der Waals surface area contributed by atoms with Crippen molar-refractivity contribution in [1.82, 2.24) is 0 Å². The van der Waals surface area contributed by atoms with Gasteiger partial charge in [-0.05, 0) is 18.6 Å². The second-order valence-corrected chi connectivity index (χ2v) is 2.93. The Morgan fingerprint density at radius 2 is 2.38 bits per heavy atom. The van der Waals surface area contributed by atoms with Crippen molar-refractivity contribution in [2.24, 2.45) is 0 Å². The van der Waals surface area contributed by atoms with E-state index < -0.39 is 0 Å². The van der Waals surface area contributed by atoms with E-state index in [0.717, 1.165) is 12.0 Å². The summed E-state index contributed by atoms with van der Waals surface area (Å²) >= 11 is 0. The molecule has 3 nitrogen and oxygen atoms in total. The molecule has 0 amide bonds. The number of ether oxygens (including phenoxy) is 1. The first-order chi connectivity index (χ1) is 6.29. The quantitative estimate of drug-likeness (QED) is 0.535. The molecule has 0 radical (unpaired) electrons. The highest BCUT2D eigenvalue weighted by Crippen LogP contribution is 2.29. The summed E-state index contributed by atoms with van der Waals surface area (Å²) in [6, 6.07) is 5.36. The highest BCUT2D eigenvalue weighted by molar-refractivity contribution is 5.78. The van der Waals surface area contributed by atoms with E-state index in [-0.39, 0.29) is 5.97 Å². The molecule has 3 heteroatoms. The Hall–Kier alpha value is -1.51. The van der Waals surface area contributed by atoms with Crippen molar-refractivity contribution >= 4 is 17.1 Å². The van der Waals surface area contributed by atoms with E-state index >= 15 is 0 Å².